The molecule has 3 heteroatoms. The van der Waals surface area contributed by atoms with E-state index in [1.54, 1.807) is 0 Å². The first-order valence-corrected chi connectivity index (χ1v) is 6.69. The van der Waals surface area contributed by atoms with Crippen molar-refractivity contribution in [2.45, 2.75) is 25.4 Å². The van der Waals surface area contributed by atoms with E-state index in [0.29, 0.717) is 12.8 Å². The van der Waals surface area contributed by atoms with Gasteiger partial charge in [0.2, 0.25) is 6.79 Å². The lowest BCUT2D eigenvalue weighted by atomic mass is 9.71. The quantitative estimate of drug-likeness (QED) is 0.827. The van der Waals surface area contributed by atoms with Gasteiger partial charge in [0.1, 0.15) is 0 Å². The zero-order valence-electron chi connectivity index (χ0n) is 10.3. The second-order valence-electron chi connectivity index (χ2n) is 5.41. The maximum Gasteiger partial charge on any atom is 0.231 e. The first-order valence-electron chi connectivity index (χ1n) is 6.69. The van der Waals surface area contributed by atoms with Crippen molar-refractivity contribution in [3.63, 3.8) is 0 Å². The molecule has 3 aliphatic rings. The normalized spacial score (nSPS) is 31.2. The lowest BCUT2D eigenvalue weighted by Crippen LogP contribution is -2.47. The lowest BCUT2D eigenvalue weighted by molar-refractivity contribution is 0.162. The molecule has 3 atom stereocenters. The van der Waals surface area contributed by atoms with E-state index in [2.05, 4.69) is 29.6 Å². The molecule has 3 unspecified atom stereocenters. The zero-order valence-corrected chi connectivity index (χ0v) is 10.3. The molecule has 1 aromatic rings. The van der Waals surface area contributed by atoms with E-state index in [0.717, 1.165) is 29.9 Å². The van der Waals surface area contributed by atoms with Crippen LogP contribution in [0.1, 0.15) is 18.4 Å². The number of fused-ring (bicyclic) bond motifs is 2. The molecule has 0 spiro atoms. The molecular formula is C15H17NO2. The minimum atomic E-state index is 0.351. The summed E-state index contributed by atoms with van der Waals surface area (Å²) in [5.74, 6) is 3.43. The topological polar surface area (TPSA) is 30.5 Å². The third-order valence-electron chi connectivity index (χ3n) is 4.37. The van der Waals surface area contributed by atoms with Crippen molar-refractivity contribution < 1.29 is 9.47 Å². The molecule has 1 heterocycles. The van der Waals surface area contributed by atoms with E-state index < -0.39 is 0 Å². The summed E-state index contributed by atoms with van der Waals surface area (Å²) in [7, 11) is 0. The molecule has 1 N–H and O–H groups in total. The van der Waals surface area contributed by atoms with Gasteiger partial charge in [-0.05, 0) is 42.4 Å². The van der Waals surface area contributed by atoms with Crippen molar-refractivity contribution in [2.24, 2.45) is 11.8 Å². The van der Waals surface area contributed by atoms with Crippen LogP contribution >= 0.6 is 0 Å². The zero-order chi connectivity index (χ0) is 11.9. The number of benzene rings is 1. The minimum Gasteiger partial charge on any atom is -0.454 e. The molecule has 94 valence electrons. The van der Waals surface area contributed by atoms with Gasteiger partial charge in [-0.25, -0.2) is 0 Å². The molecule has 0 aromatic heterocycles. The van der Waals surface area contributed by atoms with Gasteiger partial charge >= 0.3 is 0 Å². The summed E-state index contributed by atoms with van der Waals surface area (Å²) in [5, 5.41) is 3.65. The molecule has 0 bridgehead atoms. The molecule has 0 radical (unpaired) electrons. The van der Waals surface area contributed by atoms with Gasteiger partial charge in [0.05, 0.1) is 0 Å². The van der Waals surface area contributed by atoms with Crippen molar-refractivity contribution in [3.8, 4) is 11.5 Å². The van der Waals surface area contributed by atoms with Crippen molar-refractivity contribution in [1.29, 1.82) is 0 Å². The lowest BCUT2D eigenvalue weighted by Gasteiger charge is -2.40. The Balaban J connectivity index is 1.39. The largest absolute Gasteiger partial charge is 0.454 e. The second-order valence-corrected chi connectivity index (χ2v) is 5.41. The Labute approximate surface area is 107 Å². The van der Waals surface area contributed by atoms with Gasteiger partial charge in [-0.1, -0.05) is 18.2 Å². The summed E-state index contributed by atoms with van der Waals surface area (Å²) in [6.07, 6.45) is 7.32. The Bertz CT molecular complexity index is 497. The van der Waals surface area contributed by atoms with E-state index >= 15 is 0 Å². The average molecular weight is 243 g/mol. The second kappa shape index (κ2) is 4.02. The van der Waals surface area contributed by atoms with Crippen LogP contribution in [0.25, 0.3) is 0 Å². The maximum absolute atomic E-state index is 5.39. The first-order chi connectivity index (χ1) is 8.90. The van der Waals surface area contributed by atoms with Crippen LogP contribution in [0.15, 0.2) is 30.4 Å². The molecule has 0 amide bonds. The number of nitrogens with one attached hydrogen (secondary N) is 1. The predicted molar refractivity (Wildman–Crippen MR) is 68.5 cm³/mol. The summed E-state index contributed by atoms with van der Waals surface area (Å²) in [6.45, 7) is 1.27. The van der Waals surface area contributed by atoms with Crippen LogP contribution in [0.3, 0.4) is 0 Å². The third-order valence-corrected chi connectivity index (χ3v) is 4.37. The molecule has 0 saturated heterocycles. The summed E-state index contributed by atoms with van der Waals surface area (Å²) in [5.41, 5.74) is 1.27. The molecule has 3 nitrogen and oxygen atoms in total. The summed E-state index contributed by atoms with van der Waals surface area (Å²) >= 11 is 0. The van der Waals surface area contributed by atoms with E-state index in [-0.39, 0.29) is 0 Å². The predicted octanol–water partition coefficient (Wildman–Crippen LogP) is 2.47. The van der Waals surface area contributed by atoms with E-state index in [1.165, 1.54) is 18.4 Å². The highest BCUT2D eigenvalue weighted by molar-refractivity contribution is 5.44. The van der Waals surface area contributed by atoms with Gasteiger partial charge in [0, 0.05) is 12.6 Å². The monoisotopic (exact) mass is 243 g/mol. The van der Waals surface area contributed by atoms with Crippen LogP contribution in [-0.2, 0) is 6.54 Å². The highest BCUT2D eigenvalue weighted by Crippen LogP contribution is 2.42. The fraction of sp³-hybridized carbons (Fsp3) is 0.467. The number of allylic oxidation sites excluding steroid dienone is 1. The van der Waals surface area contributed by atoms with Crippen molar-refractivity contribution in [2.75, 3.05) is 6.79 Å². The maximum atomic E-state index is 5.39. The minimum absolute atomic E-state index is 0.351. The Morgan fingerprint density at radius 3 is 3.11 bits per heavy atom. The summed E-state index contributed by atoms with van der Waals surface area (Å²) < 4.78 is 10.7. The smallest absolute Gasteiger partial charge is 0.231 e. The van der Waals surface area contributed by atoms with E-state index in [4.69, 9.17) is 9.47 Å². The van der Waals surface area contributed by atoms with Crippen LogP contribution < -0.4 is 14.8 Å². The molecule has 1 saturated carbocycles. The number of ether oxygens (including phenoxy) is 2. The fourth-order valence-corrected chi connectivity index (χ4v) is 3.25. The first kappa shape index (κ1) is 10.4. The van der Waals surface area contributed by atoms with Crippen LogP contribution in [0.5, 0.6) is 11.5 Å². The van der Waals surface area contributed by atoms with Gasteiger partial charge in [-0.15, -0.1) is 0 Å². The SMILES string of the molecule is C1=CC2C(C1)CC2NCc1ccc2c(c1)OCO2. The van der Waals surface area contributed by atoms with Crippen LogP contribution in [0, 0.1) is 11.8 Å². The Kier molecular flexibility index (Phi) is 2.33. The van der Waals surface area contributed by atoms with E-state index in [1.807, 2.05) is 6.07 Å². The van der Waals surface area contributed by atoms with Gasteiger partial charge < -0.3 is 14.8 Å². The van der Waals surface area contributed by atoms with Crippen molar-refractivity contribution in [3.05, 3.63) is 35.9 Å². The molecule has 18 heavy (non-hydrogen) atoms. The van der Waals surface area contributed by atoms with Crippen LogP contribution in [-0.4, -0.2) is 12.8 Å². The van der Waals surface area contributed by atoms with Gasteiger partial charge in [0.15, 0.2) is 11.5 Å². The van der Waals surface area contributed by atoms with E-state index in [9.17, 15) is 0 Å². The molecule has 1 aliphatic heterocycles. The number of rotatable bonds is 3. The molecule has 4 rings (SSSR count). The van der Waals surface area contributed by atoms with Gasteiger partial charge in [-0.2, -0.15) is 0 Å². The fourth-order valence-electron chi connectivity index (χ4n) is 3.25. The Morgan fingerprint density at radius 1 is 1.22 bits per heavy atom. The highest BCUT2D eigenvalue weighted by Gasteiger charge is 2.40. The Morgan fingerprint density at radius 2 is 2.17 bits per heavy atom. The summed E-state index contributed by atoms with van der Waals surface area (Å²) in [4.78, 5) is 0. The van der Waals surface area contributed by atoms with Crippen LogP contribution in [0.4, 0.5) is 0 Å². The molecule has 2 aliphatic carbocycles. The Hall–Kier alpha value is -1.48. The number of hydrogen-bond donors (Lipinski definition) is 1. The van der Waals surface area contributed by atoms with Crippen molar-refractivity contribution in [1.82, 2.24) is 5.32 Å². The standard InChI is InChI=1S/C15H17NO2/c1-2-11-7-13(12(11)3-1)16-8-10-4-5-14-15(6-10)18-9-17-14/h1,3-6,11-13,16H,2,7-9H2. The summed E-state index contributed by atoms with van der Waals surface area (Å²) in [6, 6.07) is 6.86. The van der Waals surface area contributed by atoms with Gasteiger partial charge in [0.25, 0.3) is 0 Å². The average Bonchev–Trinajstić information content (AvgIpc) is 2.96. The molecule has 1 fully saturated rings. The molecule has 1 aromatic carbocycles. The highest BCUT2D eigenvalue weighted by atomic mass is 16.7. The number of hydrogen-bond acceptors (Lipinski definition) is 3. The third kappa shape index (κ3) is 1.62. The van der Waals surface area contributed by atoms with Gasteiger partial charge in [-0.3, -0.25) is 0 Å². The van der Waals surface area contributed by atoms with Crippen molar-refractivity contribution >= 4 is 0 Å². The van der Waals surface area contributed by atoms with Crippen LogP contribution in [0.2, 0.25) is 0 Å². The molecular weight excluding hydrogens is 226 g/mol.